The zero-order chi connectivity index (χ0) is 20.5. The molecule has 1 saturated heterocycles. The number of hydrogen-bond donors (Lipinski definition) is 2. The maximum atomic E-state index is 13.1. The number of fused-ring (bicyclic) bond motifs is 3. The van der Waals surface area contributed by atoms with E-state index in [1.165, 1.54) is 9.30 Å². The Balaban J connectivity index is 1.49. The predicted molar refractivity (Wildman–Crippen MR) is 115 cm³/mol. The van der Waals surface area contributed by atoms with Crippen molar-refractivity contribution in [3.8, 4) is 0 Å². The molecule has 1 aliphatic heterocycles. The van der Waals surface area contributed by atoms with Crippen LogP contribution in [0.1, 0.15) is 10.4 Å². The summed E-state index contributed by atoms with van der Waals surface area (Å²) in [6.45, 7) is 4.87. The number of rotatable bonds is 4. The van der Waals surface area contributed by atoms with E-state index in [4.69, 9.17) is 4.74 Å². The molecule has 0 spiro atoms. The molecule has 2 aromatic heterocycles. The van der Waals surface area contributed by atoms with E-state index in [1.54, 1.807) is 18.3 Å². The Labute approximate surface area is 172 Å². The minimum atomic E-state index is -0.215. The minimum absolute atomic E-state index is 0.173. The zero-order valence-corrected chi connectivity index (χ0v) is 16.6. The van der Waals surface area contributed by atoms with E-state index in [9.17, 15) is 9.59 Å². The summed E-state index contributed by atoms with van der Waals surface area (Å²) in [4.78, 5) is 32.1. The van der Waals surface area contributed by atoms with Gasteiger partial charge in [0.25, 0.3) is 11.5 Å². The fourth-order valence-electron chi connectivity index (χ4n) is 4.05. The van der Waals surface area contributed by atoms with E-state index in [1.807, 2.05) is 36.4 Å². The molecule has 5 rings (SSSR count). The number of quaternary nitrogens is 1. The number of hydrogen-bond acceptors (Lipinski definition) is 4. The maximum Gasteiger partial charge on any atom is 0.265 e. The van der Waals surface area contributed by atoms with Gasteiger partial charge in [0.15, 0.2) is 5.65 Å². The lowest BCUT2D eigenvalue weighted by Gasteiger charge is -2.23. The molecule has 1 fully saturated rings. The molecule has 1 aliphatic rings. The minimum Gasteiger partial charge on any atom is -0.370 e. The molecule has 0 bridgehead atoms. The summed E-state index contributed by atoms with van der Waals surface area (Å²) in [5, 5.41) is 5.52. The highest BCUT2D eigenvalue weighted by molar-refractivity contribution is 6.02. The first-order valence-corrected chi connectivity index (χ1v) is 10.2. The lowest BCUT2D eigenvalue weighted by atomic mass is 10.1. The smallest absolute Gasteiger partial charge is 0.265 e. The standard InChI is InChI=1S/C23H22N4O3/c28-22(24-7-9-26-10-12-30-13-11-26)18-6-3-8-27-21(18)25-20-15-17-5-2-1-4-16(17)14-19(20)23(27)29/h1-6,8,14-15H,7,9-13H2,(H,24,28)/p+1. The van der Waals surface area contributed by atoms with Crippen molar-refractivity contribution < 1.29 is 14.4 Å². The van der Waals surface area contributed by atoms with Crippen LogP contribution in [0.2, 0.25) is 0 Å². The molecule has 2 N–H and O–H groups in total. The van der Waals surface area contributed by atoms with Gasteiger partial charge in [-0.2, -0.15) is 0 Å². The third-order valence-corrected chi connectivity index (χ3v) is 5.72. The van der Waals surface area contributed by atoms with Crippen molar-refractivity contribution >= 4 is 33.2 Å². The van der Waals surface area contributed by atoms with E-state index in [-0.39, 0.29) is 11.5 Å². The quantitative estimate of drug-likeness (QED) is 0.491. The summed E-state index contributed by atoms with van der Waals surface area (Å²) in [5.41, 5.74) is 1.20. The van der Waals surface area contributed by atoms with Gasteiger partial charge in [0, 0.05) is 6.20 Å². The van der Waals surface area contributed by atoms with Crippen LogP contribution in [0, 0.1) is 0 Å². The summed E-state index contributed by atoms with van der Waals surface area (Å²) in [6.07, 6.45) is 1.66. The Hall–Kier alpha value is -3.29. The number of ether oxygens (including phenoxy) is 1. The number of nitrogens with zero attached hydrogens (tertiary/aromatic N) is 2. The number of aromatic nitrogens is 2. The molecule has 0 aliphatic carbocycles. The Morgan fingerprint density at radius 1 is 1.10 bits per heavy atom. The van der Waals surface area contributed by atoms with Crippen LogP contribution in [-0.4, -0.2) is 54.7 Å². The van der Waals surface area contributed by atoms with Gasteiger partial charge in [-0.25, -0.2) is 4.98 Å². The molecule has 152 valence electrons. The Kier molecular flexibility index (Phi) is 4.90. The van der Waals surface area contributed by atoms with E-state index >= 15 is 0 Å². The van der Waals surface area contributed by atoms with Crippen LogP contribution >= 0.6 is 0 Å². The van der Waals surface area contributed by atoms with Crippen molar-refractivity contribution in [2.24, 2.45) is 0 Å². The zero-order valence-electron chi connectivity index (χ0n) is 16.6. The van der Waals surface area contributed by atoms with Crippen LogP contribution in [0.4, 0.5) is 0 Å². The summed E-state index contributed by atoms with van der Waals surface area (Å²) < 4.78 is 6.83. The molecule has 30 heavy (non-hydrogen) atoms. The number of carbonyl (C=O) groups excluding carboxylic acids is 1. The molecule has 1 amide bonds. The largest absolute Gasteiger partial charge is 0.370 e. The van der Waals surface area contributed by atoms with Crippen LogP contribution in [0.15, 0.2) is 59.5 Å². The van der Waals surface area contributed by atoms with Gasteiger partial charge in [0.05, 0.1) is 42.8 Å². The normalized spacial score (nSPS) is 15.1. The molecule has 4 aromatic rings. The second kappa shape index (κ2) is 7.85. The molecule has 3 heterocycles. The highest BCUT2D eigenvalue weighted by atomic mass is 16.5. The summed E-state index contributed by atoms with van der Waals surface area (Å²) >= 11 is 0. The lowest BCUT2D eigenvalue weighted by molar-refractivity contribution is -0.906. The number of morpholine rings is 1. The van der Waals surface area contributed by atoms with Crippen molar-refractivity contribution in [3.63, 3.8) is 0 Å². The van der Waals surface area contributed by atoms with Crippen molar-refractivity contribution in [3.05, 3.63) is 70.6 Å². The third-order valence-electron chi connectivity index (χ3n) is 5.72. The Morgan fingerprint density at radius 3 is 2.67 bits per heavy atom. The maximum absolute atomic E-state index is 13.1. The molecule has 2 aromatic carbocycles. The van der Waals surface area contributed by atoms with Gasteiger partial charge in [-0.05, 0) is 35.0 Å². The number of amides is 1. The molecule has 7 heteroatoms. The van der Waals surface area contributed by atoms with Gasteiger partial charge in [0.2, 0.25) is 0 Å². The van der Waals surface area contributed by atoms with Crippen molar-refractivity contribution in [1.82, 2.24) is 14.7 Å². The highest BCUT2D eigenvalue weighted by Crippen LogP contribution is 2.20. The van der Waals surface area contributed by atoms with Gasteiger partial charge in [-0.3, -0.25) is 14.0 Å². The van der Waals surface area contributed by atoms with Crippen LogP contribution < -0.4 is 15.8 Å². The second-order valence-electron chi connectivity index (χ2n) is 7.62. The predicted octanol–water partition coefficient (Wildman–Crippen LogP) is 0.646. The second-order valence-corrected chi connectivity index (χ2v) is 7.62. The van der Waals surface area contributed by atoms with Crippen LogP contribution in [0.25, 0.3) is 27.3 Å². The molecule has 0 radical (unpaired) electrons. The van der Waals surface area contributed by atoms with E-state index in [0.717, 1.165) is 43.6 Å². The highest BCUT2D eigenvalue weighted by Gasteiger charge is 2.17. The molecule has 0 saturated carbocycles. The summed E-state index contributed by atoms with van der Waals surface area (Å²) in [6, 6.07) is 15.1. The molecular formula is C23H23N4O3+. The SMILES string of the molecule is O=C(NCC[NH+]1CCOCC1)c1cccn2c(=O)c3cc4ccccc4cc3nc12. The van der Waals surface area contributed by atoms with Gasteiger partial charge in [-0.1, -0.05) is 24.3 Å². The van der Waals surface area contributed by atoms with Crippen LogP contribution in [-0.2, 0) is 4.74 Å². The number of nitrogens with one attached hydrogen (secondary N) is 2. The Morgan fingerprint density at radius 2 is 1.87 bits per heavy atom. The topological polar surface area (TPSA) is 77.1 Å². The molecule has 0 atom stereocenters. The third kappa shape index (κ3) is 3.42. The summed E-state index contributed by atoms with van der Waals surface area (Å²) in [5.74, 6) is -0.215. The Bertz CT molecular complexity index is 1310. The average molecular weight is 403 g/mol. The van der Waals surface area contributed by atoms with E-state index < -0.39 is 0 Å². The van der Waals surface area contributed by atoms with Crippen molar-refractivity contribution in [1.29, 1.82) is 0 Å². The monoisotopic (exact) mass is 403 g/mol. The van der Waals surface area contributed by atoms with Gasteiger partial charge in [0.1, 0.15) is 13.1 Å². The first-order valence-electron chi connectivity index (χ1n) is 10.2. The molecule has 7 nitrogen and oxygen atoms in total. The van der Waals surface area contributed by atoms with E-state index in [0.29, 0.717) is 28.7 Å². The van der Waals surface area contributed by atoms with Crippen LogP contribution in [0.3, 0.4) is 0 Å². The fourth-order valence-corrected chi connectivity index (χ4v) is 4.05. The average Bonchev–Trinajstić information content (AvgIpc) is 2.78. The van der Waals surface area contributed by atoms with Crippen molar-refractivity contribution in [2.75, 3.05) is 39.4 Å². The summed E-state index contributed by atoms with van der Waals surface area (Å²) in [7, 11) is 0. The van der Waals surface area contributed by atoms with Crippen LogP contribution in [0.5, 0.6) is 0 Å². The lowest BCUT2D eigenvalue weighted by Crippen LogP contribution is -3.14. The number of benzene rings is 2. The van der Waals surface area contributed by atoms with Crippen molar-refractivity contribution in [2.45, 2.75) is 0 Å². The number of carbonyl (C=O) groups is 1. The van der Waals surface area contributed by atoms with Gasteiger partial charge >= 0.3 is 0 Å². The first kappa shape index (κ1) is 18.7. The van der Waals surface area contributed by atoms with Gasteiger partial charge < -0.3 is 15.0 Å². The number of pyridine rings is 1. The molecule has 0 unspecified atom stereocenters. The fraction of sp³-hybridized carbons (Fsp3) is 0.261. The molecular weight excluding hydrogens is 380 g/mol. The van der Waals surface area contributed by atoms with Gasteiger partial charge in [-0.15, -0.1) is 0 Å². The first-order chi connectivity index (χ1) is 14.7. The van der Waals surface area contributed by atoms with E-state index in [2.05, 4.69) is 10.3 Å².